The van der Waals surface area contributed by atoms with Crippen molar-refractivity contribution in [3.8, 4) is 0 Å². The molecule has 0 bridgehead atoms. The van der Waals surface area contributed by atoms with E-state index >= 15 is 0 Å². The van der Waals surface area contributed by atoms with Gasteiger partial charge < -0.3 is 10.4 Å². The number of nitrogens with zero attached hydrogens (tertiary/aromatic N) is 2. The van der Waals surface area contributed by atoms with Gasteiger partial charge in [0.15, 0.2) is 5.82 Å². The molecule has 5 heteroatoms. The lowest BCUT2D eigenvalue weighted by Crippen LogP contribution is -2.21. The highest BCUT2D eigenvalue weighted by Crippen LogP contribution is 2.61. The molecule has 2 N–H and O–H groups in total. The average molecular weight is 261 g/mol. The Kier molecular flexibility index (Phi) is 2.73. The topological polar surface area (TPSA) is 75.1 Å². The van der Waals surface area contributed by atoms with Crippen molar-refractivity contribution >= 4 is 11.8 Å². The molecule has 2 saturated carbocycles. The predicted molar refractivity (Wildman–Crippen MR) is 71.3 cm³/mol. The third-order valence-electron chi connectivity index (χ3n) is 4.61. The lowest BCUT2D eigenvalue weighted by molar-refractivity contribution is 0.0696. The number of aromatic nitrogens is 2. The Balaban J connectivity index is 1.80. The van der Waals surface area contributed by atoms with Crippen molar-refractivity contribution < 1.29 is 9.90 Å². The van der Waals surface area contributed by atoms with Gasteiger partial charge in [-0.2, -0.15) is 5.10 Å². The quantitative estimate of drug-likeness (QED) is 0.851. The SMILES string of the molecule is Cc1nnc(NCC2(C3CC3)CC2)c(C(=O)O)c1C. The second-order valence-electron chi connectivity index (χ2n) is 5.93. The van der Waals surface area contributed by atoms with E-state index in [0.717, 1.165) is 12.5 Å². The Morgan fingerprint density at radius 1 is 1.37 bits per heavy atom. The Hall–Kier alpha value is -1.65. The van der Waals surface area contributed by atoms with Gasteiger partial charge in [0, 0.05) is 6.54 Å². The van der Waals surface area contributed by atoms with E-state index in [1.807, 2.05) is 0 Å². The zero-order valence-corrected chi connectivity index (χ0v) is 11.4. The minimum atomic E-state index is -0.936. The fraction of sp³-hybridized carbons (Fsp3) is 0.643. The lowest BCUT2D eigenvalue weighted by atomic mass is 10.0. The second-order valence-corrected chi connectivity index (χ2v) is 5.93. The molecule has 0 radical (unpaired) electrons. The lowest BCUT2D eigenvalue weighted by Gasteiger charge is -2.17. The van der Waals surface area contributed by atoms with Crippen LogP contribution in [0.5, 0.6) is 0 Å². The Morgan fingerprint density at radius 2 is 2.05 bits per heavy atom. The van der Waals surface area contributed by atoms with Crippen LogP contribution in [-0.2, 0) is 0 Å². The number of carboxylic acid groups (broad SMARTS) is 1. The molecule has 1 heterocycles. The maximum Gasteiger partial charge on any atom is 0.339 e. The molecule has 2 aliphatic carbocycles. The highest BCUT2D eigenvalue weighted by Gasteiger charge is 2.53. The number of rotatable bonds is 5. The Morgan fingerprint density at radius 3 is 2.58 bits per heavy atom. The summed E-state index contributed by atoms with van der Waals surface area (Å²) >= 11 is 0. The van der Waals surface area contributed by atoms with Crippen molar-refractivity contribution in [3.05, 3.63) is 16.8 Å². The van der Waals surface area contributed by atoms with Crippen LogP contribution in [0.3, 0.4) is 0 Å². The molecular weight excluding hydrogens is 242 g/mol. The molecule has 2 aliphatic rings. The maximum atomic E-state index is 11.4. The van der Waals surface area contributed by atoms with Crippen LogP contribution < -0.4 is 5.32 Å². The zero-order valence-electron chi connectivity index (χ0n) is 11.4. The molecule has 0 unspecified atom stereocenters. The van der Waals surface area contributed by atoms with Crippen molar-refractivity contribution in [2.24, 2.45) is 11.3 Å². The molecule has 1 aromatic heterocycles. The van der Waals surface area contributed by atoms with Gasteiger partial charge in [0.25, 0.3) is 0 Å². The van der Waals surface area contributed by atoms with Crippen LogP contribution in [-0.4, -0.2) is 27.8 Å². The van der Waals surface area contributed by atoms with Gasteiger partial charge in [0.05, 0.1) is 5.69 Å². The first-order chi connectivity index (χ1) is 9.03. The van der Waals surface area contributed by atoms with E-state index in [1.165, 1.54) is 25.7 Å². The zero-order chi connectivity index (χ0) is 13.6. The molecule has 0 atom stereocenters. The number of hydrogen-bond donors (Lipinski definition) is 2. The summed E-state index contributed by atoms with van der Waals surface area (Å²) in [6, 6.07) is 0. The van der Waals surface area contributed by atoms with E-state index in [4.69, 9.17) is 0 Å². The molecular formula is C14H19N3O2. The van der Waals surface area contributed by atoms with Crippen molar-refractivity contribution in [2.75, 3.05) is 11.9 Å². The van der Waals surface area contributed by atoms with Crippen LogP contribution >= 0.6 is 0 Å². The average Bonchev–Trinajstić information content (AvgIpc) is 3.23. The number of anilines is 1. The maximum absolute atomic E-state index is 11.4. The highest BCUT2D eigenvalue weighted by molar-refractivity contribution is 5.94. The van der Waals surface area contributed by atoms with Gasteiger partial charge in [-0.15, -0.1) is 5.10 Å². The first-order valence-corrected chi connectivity index (χ1v) is 6.84. The van der Waals surface area contributed by atoms with E-state index < -0.39 is 5.97 Å². The number of hydrogen-bond acceptors (Lipinski definition) is 4. The van der Waals surface area contributed by atoms with E-state index in [9.17, 15) is 9.90 Å². The van der Waals surface area contributed by atoms with Crippen molar-refractivity contribution in [1.29, 1.82) is 0 Å². The number of carboxylic acids is 1. The number of aryl methyl sites for hydroxylation is 1. The summed E-state index contributed by atoms with van der Waals surface area (Å²) in [7, 11) is 0. The minimum absolute atomic E-state index is 0.263. The molecule has 0 saturated heterocycles. The van der Waals surface area contributed by atoms with Crippen LogP contribution in [0.25, 0.3) is 0 Å². The van der Waals surface area contributed by atoms with Gasteiger partial charge in [-0.05, 0) is 56.4 Å². The Bertz CT molecular complexity index is 534. The third kappa shape index (κ3) is 2.17. The van der Waals surface area contributed by atoms with Crippen molar-refractivity contribution in [1.82, 2.24) is 10.2 Å². The van der Waals surface area contributed by atoms with Crippen LogP contribution in [0.15, 0.2) is 0 Å². The molecule has 102 valence electrons. The molecule has 0 aliphatic heterocycles. The summed E-state index contributed by atoms with van der Waals surface area (Å²) in [4.78, 5) is 11.4. The minimum Gasteiger partial charge on any atom is -0.478 e. The monoisotopic (exact) mass is 261 g/mol. The summed E-state index contributed by atoms with van der Waals surface area (Å²) in [6.45, 7) is 4.40. The van der Waals surface area contributed by atoms with Gasteiger partial charge in [-0.3, -0.25) is 0 Å². The summed E-state index contributed by atoms with van der Waals surface area (Å²) in [5, 5.41) is 20.6. The second kappa shape index (κ2) is 4.18. The van der Waals surface area contributed by atoms with Gasteiger partial charge in [-0.25, -0.2) is 4.79 Å². The summed E-state index contributed by atoms with van der Waals surface area (Å²) in [5.74, 6) is 0.324. The van der Waals surface area contributed by atoms with Gasteiger partial charge in [0.1, 0.15) is 5.56 Å². The summed E-state index contributed by atoms with van der Waals surface area (Å²) < 4.78 is 0. The Labute approximate surface area is 112 Å². The molecule has 0 spiro atoms. The summed E-state index contributed by atoms with van der Waals surface area (Å²) in [5.41, 5.74) is 2.04. The fourth-order valence-electron chi connectivity index (χ4n) is 2.84. The van der Waals surface area contributed by atoms with Crippen LogP contribution in [0, 0.1) is 25.2 Å². The molecule has 0 aromatic carbocycles. The van der Waals surface area contributed by atoms with E-state index in [0.29, 0.717) is 22.5 Å². The van der Waals surface area contributed by atoms with E-state index in [-0.39, 0.29) is 5.56 Å². The molecule has 0 amide bonds. The van der Waals surface area contributed by atoms with Gasteiger partial charge in [0.2, 0.25) is 0 Å². The van der Waals surface area contributed by atoms with Crippen LogP contribution in [0.2, 0.25) is 0 Å². The van der Waals surface area contributed by atoms with Gasteiger partial charge >= 0.3 is 5.97 Å². The summed E-state index contributed by atoms with van der Waals surface area (Å²) in [6.07, 6.45) is 5.16. The number of carbonyl (C=O) groups is 1. The smallest absolute Gasteiger partial charge is 0.339 e. The first kappa shape index (κ1) is 12.4. The number of nitrogens with one attached hydrogen (secondary N) is 1. The standard InChI is InChI=1S/C14H19N3O2/c1-8-9(2)16-17-12(11(8)13(18)19)15-7-14(5-6-14)10-3-4-10/h10H,3-7H2,1-2H3,(H,15,17)(H,18,19). The highest BCUT2D eigenvalue weighted by atomic mass is 16.4. The number of aromatic carboxylic acids is 1. The van der Waals surface area contributed by atoms with Gasteiger partial charge in [-0.1, -0.05) is 0 Å². The molecule has 1 aromatic rings. The fourth-order valence-corrected chi connectivity index (χ4v) is 2.84. The normalized spacial score (nSPS) is 20.1. The third-order valence-corrected chi connectivity index (χ3v) is 4.61. The molecule has 3 rings (SSSR count). The van der Waals surface area contributed by atoms with Crippen LogP contribution in [0.4, 0.5) is 5.82 Å². The largest absolute Gasteiger partial charge is 0.478 e. The van der Waals surface area contributed by atoms with Crippen molar-refractivity contribution in [2.45, 2.75) is 39.5 Å². The van der Waals surface area contributed by atoms with E-state index in [2.05, 4.69) is 15.5 Å². The van der Waals surface area contributed by atoms with Crippen molar-refractivity contribution in [3.63, 3.8) is 0 Å². The van der Waals surface area contributed by atoms with Crippen LogP contribution in [0.1, 0.15) is 47.3 Å². The first-order valence-electron chi connectivity index (χ1n) is 6.84. The molecule has 5 nitrogen and oxygen atoms in total. The molecule has 19 heavy (non-hydrogen) atoms. The van der Waals surface area contributed by atoms with E-state index in [1.54, 1.807) is 13.8 Å². The predicted octanol–water partition coefficient (Wildman–Crippen LogP) is 2.39. The molecule has 2 fully saturated rings.